The molecule has 2 amide bonds. The molecule has 3 N–H and O–H groups in total. The summed E-state index contributed by atoms with van der Waals surface area (Å²) in [6, 6.07) is 13.8. The summed E-state index contributed by atoms with van der Waals surface area (Å²) in [5, 5.41) is 9.26. The van der Waals surface area contributed by atoms with Crippen molar-refractivity contribution in [2.24, 2.45) is 10.8 Å². The Hall–Kier alpha value is -3.40. The minimum Gasteiger partial charge on any atom is -0.478 e. The number of hydrogen-bond acceptors (Lipinski definition) is 5. The highest BCUT2D eigenvalue weighted by Gasteiger charge is 2.46. The first kappa shape index (κ1) is 28.1. The van der Waals surface area contributed by atoms with Crippen molar-refractivity contribution in [2.75, 3.05) is 37.7 Å². The van der Waals surface area contributed by atoms with Crippen LogP contribution in [0.1, 0.15) is 63.8 Å². The molecular weight excluding hydrogens is 528 g/mol. The molecule has 2 aliphatic heterocycles. The molecule has 0 radical (unpaired) electrons. The second-order valence-corrected chi connectivity index (χ2v) is 14.2. The van der Waals surface area contributed by atoms with E-state index in [4.69, 9.17) is 0 Å². The Morgan fingerprint density at radius 2 is 1.43 bits per heavy atom. The molecule has 1 atom stereocenters. The predicted octanol–water partition coefficient (Wildman–Crippen LogP) is 5.49. The number of allylic oxidation sites excluding steroid dienone is 2. The molecule has 2 heterocycles. The number of nitrogens with zero attached hydrogens (tertiary/aromatic N) is 2. The minimum atomic E-state index is -2.60. The predicted molar refractivity (Wildman–Crippen MR) is 157 cm³/mol. The van der Waals surface area contributed by atoms with Crippen LogP contribution in [0.25, 0.3) is 5.57 Å². The monoisotopic (exact) mass is 564 g/mol. The van der Waals surface area contributed by atoms with Crippen LogP contribution < -0.4 is 0 Å². The third-order valence-electron chi connectivity index (χ3n) is 8.56. The smallest absolute Gasteiger partial charge is 0.335 e. The number of benzene rings is 2. The van der Waals surface area contributed by atoms with Crippen molar-refractivity contribution in [1.29, 1.82) is 0 Å². The first-order chi connectivity index (χ1) is 18.8. The van der Waals surface area contributed by atoms with Gasteiger partial charge in [-0.1, -0.05) is 56.7 Å². The summed E-state index contributed by atoms with van der Waals surface area (Å²) in [4.78, 5) is 41.4. The zero-order chi connectivity index (χ0) is 28.9. The molecule has 2 aromatic rings. The first-order valence-electron chi connectivity index (χ1n) is 13.5. The van der Waals surface area contributed by atoms with Crippen LogP contribution in [0.5, 0.6) is 0 Å². The lowest BCUT2D eigenvalue weighted by Gasteiger charge is -2.50. The van der Waals surface area contributed by atoms with Crippen molar-refractivity contribution >= 4 is 33.9 Å². The number of carbonyl (C=O) groups is 3. The van der Waals surface area contributed by atoms with Crippen molar-refractivity contribution < 1.29 is 28.6 Å². The van der Waals surface area contributed by atoms with E-state index >= 15 is 0 Å². The standard InChI is InChI=1S/C31H36N2O6S/c1-30(2)25(21-7-9-22(10-8-21)29(36)37)11-13-31(3)20-33(14-12-26(30)31)28(35)24-6-4-5-23(19-24)27(34)32-15-17-40(38,39)18-16-32/h4-12,19,38-39H,13-18,20H2,1-3H3,(H,36,37). The molecule has 1 aliphatic carbocycles. The summed E-state index contributed by atoms with van der Waals surface area (Å²) in [6.45, 7) is 8.12. The Kier molecular flexibility index (Phi) is 7.18. The van der Waals surface area contributed by atoms with Crippen LogP contribution >= 0.6 is 10.6 Å². The van der Waals surface area contributed by atoms with Crippen molar-refractivity contribution in [3.8, 4) is 0 Å². The number of hydrogen-bond donors (Lipinski definition) is 3. The zero-order valence-electron chi connectivity index (χ0n) is 23.1. The van der Waals surface area contributed by atoms with E-state index in [0.29, 0.717) is 24.2 Å². The Balaban J connectivity index is 1.33. The van der Waals surface area contributed by atoms with Gasteiger partial charge >= 0.3 is 5.97 Å². The molecule has 0 aromatic heterocycles. The fourth-order valence-electron chi connectivity index (χ4n) is 6.44. The van der Waals surface area contributed by atoms with Crippen molar-refractivity contribution in [1.82, 2.24) is 9.80 Å². The highest BCUT2D eigenvalue weighted by molar-refractivity contribution is 8.24. The third kappa shape index (κ3) is 5.21. The molecule has 9 heteroatoms. The lowest BCUT2D eigenvalue weighted by molar-refractivity contribution is 0.0678. The minimum absolute atomic E-state index is 0.129. The summed E-state index contributed by atoms with van der Waals surface area (Å²) < 4.78 is 19.7. The van der Waals surface area contributed by atoms with Gasteiger partial charge in [-0.3, -0.25) is 18.7 Å². The summed E-state index contributed by atoms with van der Waals surface area (Å²) >= 11 is 0. The summed E-state index contributed by atoms with van der Waals surface area (Å²) in [5.41, 5.74) is 4.00. The number of amides is 2. The van der Waals surface area contributed by atoms with E-state index in [-0.39, 0.29) is 52.8 Å². The fraction of sp³-hybridized carbons (Fsp3) is 0.387. The van der Waals surface area contributed by atoms with Crippen molar-refractivity contribution in [3.63, 3.8) is 0 Å². The SMILES string of the molecule is CC12CC=C(c3ccc(C(=O)O)cc3)C(C)(C)C1=CCN(C(=O)c1cccc(C(=O)N3CCS(O)(O)CC3)c1)C2. The van der Waals surface area contributed by atoms with Gasteiger partial charge in [0.2, 0.25) is 0 Å². The molecule has 1 unspecified atom stereocenters. The Morgan fingerprint density at radius 3 is 2.02 bits per heavy atom. The van der Waals surface area contributed by atoms with Gasteiger partial charge < -0.3 is 14.9 Å². The Bertz CT molecular complexity index is 1420. The van der Waals surface area contributed by atoms with Gasteiger partial charge in [0.25, 0.3) is 11.8 Å². The number of fused-ring (bicyclic) bond motifs is 1. The van der Waals surface area contributed by atoms with Gasteiger partial charge in [0.15, 0.2) is 0 Å². The van der Waals surface area contributed by atoms with Crippen LogP contribution in [-0.2, 0) is 0 Å². The van der Waals surface area contributed by atoms with Gasteiger partial charge in [-0.05, 0) is 47.9 Å². The lowest BCUT2D eigenvalue weighted by atomic mass is 9.58. The van der Waals surface area contributed by atoms with Gasteiger partial charge in [0.05, 0.1) is 17.1 Å². The molecule has 8 nitrogen and oxygen atoms in total. The van der Waals surface area contributed by atoms with Gasteiger partial charge in [-0.25, -0.2) is 4.79 Å². The molecule has 0 saturated carbocycles. The van der Waals surface area contributed by atoms with E-state index in [1.165, 1.54) is 5.57 Å². The summed E-state index contributed by atoms with van der Waals surface area (Å²) in [7, 11) is -2.60. The fourth-order valence-corrected chi connectivity index (χ4v) is 7.67. The van der Waals surface area contributed by atoms with Crippen LogP contribution in [0.4, 0.5) is 0 Å². The second-order valence-electron chi connectivity index (χ2n) is 11.8. The molecular formula is C31H36N2O6S. The number of carboxylic acids is 1. The highest BCUT2D eigenvalue weighted by atomic mass is 32.3. The number of carbonyl (C=O) groups excluding carboxylic acids is 2. The average Bonchev–Trinajstić information content (AvgIpc) is 2.92. The Morgan fingerprint density at radius 1 is 0.825 bits per heavy atom. The van der Waals surface area contributed by atoms with E-state index < -0.39 is 16.6 Å². The lowest BCUT2D eigenvalue weighted by Crippen LogP contribution is -2.48. The average molecular weight is 565 g/mol. The second kappa shape index (κ2) is 10.2. The quantitative estimate of drug-likeness (QED) is 0.423. The molecule has 2 aromatic carbocycles. The maximum absolute atomic E-state index is 13.6. The van der Waals surface area contributed by atoms with E-state index in [0.717, 1.165) is 17.6 Å². The van der Waals surface area contributed by atoms with Crippen molar-refractivity contribution in [2.45, 2.75) is 27.2 Å². The number of rotatable bonds is 4. The normalized spacial score (nSPS) is 24.3. The van der Waals surface area contributed by atoms with Crippen LogP contribution in [0.15, 0.2) is 66.3 Å². The molecule has 0 spiro atoms. The molecule has 0 bridgehead atoms. The summed E-state index contributed by atoms with van der Waals surface area (Å²) in [6.07, 6.45) is 5.12. The number of aromatic carboxylic acids is 1. The van der Waals surface area contributed by atoms with Gasteiger partial charge in [0, 0.05) is 48.1 Å². The third-order valence-corrected chi connectivity index (χ3v) is 10.2. The maximum Gasteiger partial charge on any atom is 0.335 e. The molecule has 1 fully saturated rings. The highest BCUT2D eigenvalue weighted by Crippen LogP contribution is 2.55. The van der Waals surface area contributed by atoms with Gasteiger partial charge in [0.1, 0.15) is 0 Å². The topological polar surface area (TPSA) is 118 Å². The van der Waals surface area contributed by atoms with E-state index in [1.54, 1.807) is 41.3 Å². The Labute approximate surface area is 236 Å². The maximum atomic E-state index is 13.6. The van der Waals surface area contributed by atoms with E-state index in [9.17, 15) is 28.6 Å². The first-order valence-corrected chi connectivity index (χ1v) is 15.4. The van der Waals surface area contributed by atoms with Crippen molar-refractivity contribution in [3.05, 3.63) is 88.5 Å². The largest absolute Gasteiger partial charge is 0.478 e. The molecule has 3 aliphatic rings. The van der Waals surface area contributed by atoms with E-state index in [1.807, 2.05) is 17.0 Å². The van der Waals surface area contributed by atoms with Crippen LogP contribution in [0.2, 0.25) is 0 Å². The molecule has 212 valence electrons. The molecule has 1 saturated heterocycles. The van der Waals surface area contributed by atoms with E-state index in [2.05, 4.69) is 32.9 Å². The van der Waals surface area contributed by atoms with Crippen LogP contribution in [-0.4, -0.2) is 79.5 Å². The van der Waals surface area contributed by atoms with Gasteiger partial charge in [-0.15, -0.1) is 0 Å². The molecule has 5 rings (SSSR count). The number of carboxylic acid groups (broad SMARTS) is 1. The van der Waals surface area contributed by atoms with Crippen LogP contribution in [0, 0.1) is 10.8 Å². The molecule has 40 heavy (non-hydrogen) atoms. The zero-order valence-corrected chi connectivity index (χ0v) is 23.9. The van der Waals surface area contributed by atoms with Gasteiger partial charge in [-0.2, -0.15) is 10.6 Å². The van der Waals surface area contributed by atoms with Crippen LogP contribution in [0.3, 0.4) is 0 Å². The summed E-state index contributed by atoms with van der Waals surface area (Å²) in [5.74, 6) is -0.925.